The highest BCUT2D eigenvalue weighted by Crippen LogP contribution is 2.16. The van der Waals surface area contributed by atoms with E-state index in [1.54, 1.807) is 5.38 Å². The van der Waals surface area contributed by atoms with E-state index >= 15 is 0 Å². The van der Waals surface area contributed by atoms with Crippen molar-refractivity contribution >= 4 is 28.5 Å². The van der Waals surface area contributed by atoms with Gasteiger partial charge in [0.1, 0.15) is 0 Å². The quantitative estimate of drug-likeness (QED) is 0.798. The molecule has 1 saturated heterocycles. The second-order valence-electron chi connectivity index (χ2n) is 4.06. The third-order valence-corrected chi connectivity index (χ3v) is 3.40. The van der Waals surface area contributed by atoms with E-state index < -0.39 is 0 Å². The lowest BCUT2D eigenvalue weighted by Crippen LogP contribution is -2.38. The lowest BCUT2D eigenvalue weighted by molar-refractivity contribution is -0.139. The highest BCUT2D eigenvalue weighted by molar-refractivity contribution is 7.13. The van der Waals surface area contributed by atoms with Gasteiger partial charge in [0.25, 0.3) is 0 Å². The molecule has 2 heterocycles. The molecule has 0 aromatic carbocycles. The maximum atomic E-state index is 11.7. The first kappa shape index (κ1) is 13.8. The number of urea groups is 1. The highest BCUT2D eigenvalue weighted by atomic mass is 32.1. The molecule has 0 aliphatic carbocycles. The van der Waals surface area contributed by atoms with E-state index in [1.807, 2.05) is 0 Å². The molecule has 19 heavy (non-hydrogen) atoms. The minimum absolute atomic E-state index is 0.0505. The largest absolute Gasteiger partial charge is 0.469 e. The summed E-state index contributed by atoms with van der Waals surface area (Å²) < 4.78 is 9.71. The zero-order chi connectivity index (χ0) is 13.7. The number of esters is 1. The van der Waals surface area contributed by atoms with E-state index in [1.165, 1.54) is 18.4 Å². The molecule has 8 heteroatoms. The number of nitrogens with one attached hydrogen (secondary N) is 2. The molecule has 1 atom stereocenters. The van der Waals surface area contributed by atoms with Crippen molar-refractivity contribution in [1.29, 1.82) is 0 Å². The molecule has 2 amide bonds. The summed E-state index contributed by atoms with van der Waals surface area (Å²) in [5.74, 6) is -0.357. The van der Waals surface area contributed by atoms with Crippen LogP contribution < -0.4 is 10.6 Å². The number of hydrogen-bond donors (Lipinski definition) is 2. The van der Waals surface area contributed by atoms with Crippen molar-refractivity contribution in [2.24, 2.45) is 0 Å². The number of carbonyl (C=O) groups is 2. The monoisotopic (exact) mass is 285 g/mol. The Balaban J connectivity index is 1.81. The second kappa shape index (κ2) is 6.48. The summed E-state index contributed by atoms with van der Waals surface area (Å²) in [6.45, 7) is 1.21. The number of amides is 2. The SMILES string of the molecule is COC(=O)Cc1csc(NC(=O)NC2CCOC2)n1. The van der Waals surface area contributed by atoms with Gasteiger partial charge < -0.3 is 14.8 Å². The van der Waals surface area contributed by atoms with Crippen molar-refractivity contribution in [3.63, 3.8) is 0 Å². The van der Waals surface area contributed by atoms with E-state index in [-0.39, 0.29) is 24.5 Å². The molecule has 1 aliphatic heterocycles. The molecule has 0 radical (unpaired) electrons. The van der Waals surface area contributed by atoms with Crippen molar-refractivity contribution in [3.8, 4) is 0 Å². The van der Waals surface area contributed by atoms with Crippen LogP contribution in [0.3, 0.4) is 0 Å². The van der Waals surface area contributed by atoms with Gasteiger partial charge in [-0.3, -0.25) is 10.1 Å². The van der Waals surface area contributed by atoms with Gasteiger partial charge in [0, 0.05) is 12.0 Å². The molecule has 0 bridgehead atoms. The molecule has 1 fully saturated rings. The Kier molecular flexibility index (Phi) is 4.69. The molecule has 104 valence electrons. The topological polar surface area (TPSA) is 89.5 Å². The van der Waals surface area contributed by atoms with Crippen LogP contribution in [-0.2, 0) is 20.7 Å². The van der Waals surface area contributed by atoms with Crippen molar-refractivity contribution in [2.75, 3.05) is 25.6 Å². The van der Waals surface area contributed by atoms with Gasteiger partial charge in [-0.2, -0.15) is 0 Å². The van der Waals surface area contributed by atoms with Gasteiger partial charge in [0.15, 0.2) is 5.13 Å². The first-order chi connectivity index (χ1) is 9.17. The molecule has 2 N–H and O–H groups in total. The van der Waals surface area contributed by atoms with Gasteiger partial charge in [0.2, 0.25) is 0 Å². The molecule has 1 aromatic heterocycles. The number of hydrogen-bond acceptors (Lipinski definition) is 6. The van der Waals surface area contributed by atoms with Gasteiger partial charge in [-0.1, -0.05) is 0 Å². The van der Waals surface area contributed by atoms with Crippen molar-refractivity contribution in [2.45, 2.75) is 18.9 Å². The van der Waals surface area contributed by atoms with E-state index in [0.29, 0.717) is 24.0 Å². The summed E-state index contributed by atoms with van der Waals surface area (Å²) in [5.41, 5.74) is 0.580. The summed E-state index contributed by atoms with van der Waals surface area (Å²) in [7, 11) is 1.32. The van der Waals surface area contributed by atoms with Gasteiger partial charge >= 0.3 is 12.0 Å². The molecular weight excluding hydrogens is 270 g/mol. The van der Waals surface area contributed by atoms with Crippen molar-refractivity contribution in [1.82, 2.24) is 10.3 Å². The Morgan fingerprint density at radius 2 is 2.47 bits per heavy atom. The molecule has 0 saturated carbocycles. The van der Waals surface area contributed by atoms with Gasteiger partial charge in [-0.15, -0.1) is 11.3 Å². The Morgan fingerprint density at radius 3 is 3.16 bits per heavy atom. The van der Waals surface area contributed by atoms with E-state index in [9.17, 15) is 9.59 Å². The maximum Gasteiger partial charge on any atom is 0.321 e. The Morgan fingerprint density at radius 1 is 1.63 bits per heavy atom. The smallest absolute Gasteiger partial charge is 0.321 e. The second-order valence-corrected chi connectivity index (χ2v) is 4.91. The van der Waals surface area contributed by atoms with Gasteiger partial charge in [-0.25, -0.2) is 9.78 Å². The van der Waals surface area contributed by atoms with Crippen LogP contribution in [0.4, 0.5) is 9.93 Å². The van der Waals surface area contributed by atoms with Gasteiger partial charge in [0.05, 0.1) is 31.9 Å². The molecule has 1 aromatic rings. The zero-order valence-corrected chi connectivity index (χ0v) is 11.3. The minimum atomic E-state index is -0.357. The fourth-order valence-electron chi connectivity index (χ4n) is 1.63. The standard InChI is InChI=1S/C11H15N3O4S/c1-17-9(15)4-8-6-19-11(13-8)14-10(16)12-7-2-3-18-5-7/h6-7H,2-5H2,1H3,(H2,12,13,14,16). The van der Waals surface area contributed by atoms with Crippen LogP contribution in [0.25, 0.3) is 0 Å². The number of nitrogens with zero attached hydrogens (tertiary/aromatic N) is 1. The lowest BCUT2D eigenvalue weighted by Gasteiger charge is -2.10. The maximum absolute atomic E-state index is 11.7. The number of methoxy groups -OCH3 is 1. The predicted molar refractivity (Wildman–Crippen MR) is 69.2 cm³/mol. The van der Waals surface area contributed by atoms with Crippen molar-refractivity contribution in [3.05, 3.63) is 11.1 Å². The van der Waals surface area contributed by atoms with E-state index in [2.05, 4.69) is 20.4 Å². The highest BCUT2D eigenvalue weighted by Gasteiger charge is 2.18. The average Bonchev–Trinajstić information content (AvgIpc) is 3.01. The van der Waals surface area contributed by atoms with Gasteiger partial charge in [-0.05, 0) is 6.42 Å². The number of rotatable bonds is 4. The van der Waals surface area contributed by atoms with Crippen molar-refractivity contribution < 1.29 is 19.1 Å². The Bertz CT molecular complexity index is 457. The first-order valence-corrected chi connectivity index (χ1v) is 6.72. The zero-order valence-electron chi connectivity index (χ0n) is 10.5. The minimum Gasteiger partial charge on any atom is -0.469 e. The Labute approximate surface area is 114 Å². The van der Waals surface area contributed by atoms with Crippen LogP contribution in [0.1, 0.15) is 12.1 Å². The predicted octanol–water partition coefficient (Wildman–Crippen LogP) is 0.769. The Hall–Kier alpha value is -1.67. The first-order valence-electron chi connectivity index (χ1n) is 5.84. The fraction of sp³-hybridized carbons (Fsp3) is 0.545. The summed E-state index contributed by atoms with van der Waals surface area (Å²) in [6.07, 6.45) is 0.922. The van der Waals surface area contributed by atoms with Crippen LogP contribution in [-0.4, -0.2) is 43.3 Å². The van der Waals surface area contributed by atoms with Crippen LogP contribution >= 0.6 is 11.3 Å². The number of carbonyl (C=O) groups excluding carboxylic acids is 2. The summed E-state index contributed by atoms with van der Waals surface area (Å²) in [4.78, 5) is 26.9. The summed E-state index contributed by atoms with van der Waals surface area (Å²) in [6, 6.07) is -0.260. The molecule has 1 aliphatic rings. The van der Waals surface area contributed by atoms with Crippen LogP contribution in [0.5, 0.6) is 0 Å². The fourth-order valence-corrected chi connectivity index (χ4v) is 2.34. The molecular formula is C11H15N3O4S. The third kappa shape index (κ3) is 4.18. The third-order valence-electron chi connectivity index (χ3n) is 2.59. The number of aromatic nitrogens is 1. The summed E-state index contributed by atoms with van der Waals surface area (Å²) >= 11 is 1.27. The number of ether oxygens (including phenoxy) is 2. The molecule has 1 unspecified atom stereocenters. The molecule has 0 spiro atoms. The average molecular weight is 285 g/mol. The van der Waals surface area contributed by atoms with Crippen LogP contribution in [0.15, 0.2) is 5.38 Å². The van der Waals surface area contributed by atoms with E-state index in [0.717, 1.165) is 6.42 Å². The number of thiazole rings is 1. The van der Waals surface area contributed by atoms with E-state index in [4.69, 9.17) is 4.74 Å². The lowest BCUT2D eigenvalue weighted by atomic mass is 10.3. The normalized spacial score (nSPS) is 18.1. The molecule has 7 nitrogen and oxygen atoms in total. The molecule has 2 rings (SSSR count). The van der Waals surface area contributed by atoms with Crippen LogP contribution in [0, 0.1) is 0 Å². The summed E-state index contributed by atoms with van der Waals surface area (Å²) in [5, 5.41) is 7.59. The number of anilines is 1. The van der Waals surface area contributed by atoms with Crippen LogP contribution in [0.2, 0.25) is 0 Å².